The Kier molecular flexibility index (Phi) is 2.66. The van der Waals surface area contributed by atoms with Gasteiger partial charge in [-0.1, -0.05) is 5.16 Å². The van der Waals surface area contributed by atoms with E-state index in [1.807, 2.05) is 0 Å². The molecule has 1 saturated carbocycles. The van der Waals surface area contributed by atoms with Gasteiger partial charge in [-0.05, 0) is 12.8 Å². The van der Waals surface area contributed by atoms with Crippen molar-refractivity contribution in [2.75, 3.05) is 5.75 Å². The van der Waals surface area contributed by atoms with Crippen molar-refractivity contribution in [3.05, 3.63) is 11.7 Å². The topological polar surface area (TPSA) is 116 Å². The Morgan fingerprint density at radius 1 is 1.50 bits per heavy atom. The molecule has 8 heteroatoms. The second kappa shape index (κ2) is 3.85. The fourth-order valence-electron chi connectivity index (χ4n) is 1.29. The molecule has 1 aromatic rings. The third kappa shape index (κ3) is 2.78. The number of sulfone groups is 1. The molecular formula is C8H11N3O4S. The van der Waals surface area contributed by atoms with Gasteiger partial charge >= 0.3 is 0 Å². The molecule has 7 nitrogen and oxygen atoms in total. The number of nitrogens with zero attached hydrogens (tertiary/aromatic N) is 2. The van der Waals surface area contributed by atoms with Crippen LogP contribution in [-0.2, 0) is 20.4 Å². The summed E-state index contributed by atoms with van der Waals surface area (Å²) in [4.78, 5) is 14.5. The molecule has 1 heterocycles. The van der Waals surface area contributed by atoms with Gasteiger partial charge in [0.15, 0.2) is 15.7 Å². The first kappa shape index (κ1) is 11.1. The van der Waals surface area contributed by atoms with E-state index in [1.165, 1.54) is 0 Å². The lowest BCUT2D eigenvalue weighted by Crippen LogP contribution is -2.24. The molecule has 16 heavy (non-hydrogen) atoms. The van der Waals surface area contributed by atoms with E-state index in [2.05, 4.69) is 10.1 Å². The summed E-state index contributed by atoms with van der Waals surface area (Å²) < 4.78 is 27.5. The fourth-order valence-corrected chi connectivity index (χ4v) is 2.32. The quantitative estimate of drug-likeness (QED) is 0.736. The SMILES string of the molecule is NC(=O)CS(=O)(=O)Cc1nc(C2CC2)no1. The van der Waals surface area contributed by atoms with E-state index >= 15 is 0 Å². The number of rotatable bonds is 5. The second-order valence-electron chi connectivity index (χ2n) is 3.82. The highest BCUT2D eigenvalue weighted by atomic mass is 32.2. The summed E-state index contributed by atoms with van der Waals surface area (Å²) in [7, 11) is -3.60. The van der Waals surface area contributed by atoms with Crippen molar-refractivity contribution in [3.8, 4) is 0 Å². The van der Waals surface area contributed by atoms with Gasteiger partial charge in [-0.3, -0.25) is 4.79 Å². The standard InChI is InChI=1S/C8H11N3O4S/c9-6(12)3-16(13,14)4-7-10-8(11-15-7)5-1-2-5/h5H,1-4H2,(H2,9,12). The van der Waals surface area contributed by atoms with E-state index in [0.29, 0.717) is 11.7 Å². The van der Waals surface area contributed by atoms with Gasteiger partial charge in [0, 0.05) is 5.92 Å². The maximum atomic E-state index is 11.4. The van der Waals surface area contributed by atoms with Gasteiger partial charge in [-0.15, -0.1) is 0 Å². The monoisotopic (exact) mass is 245 g/mol. The molecule has 2 N–H and O–H groups in total. The van der Waals surface area contributed by atoms with Gasteiger partial charge in [0.2, 0.25) is 11.8 Å². The first-order chi connectivity index (χ1) is 7.46. The molecule has 0 radical (unpaired) electrons. The zero-order chi connectivity index (χ0) is 11.8. The molecule has 1 aliphatic carbocycles. The van der Waals surface area contributed by atoms with Crippen LogP contribution in [0.4, 0.5) is 0 Å². The highest BCUT2D eigenvalue weighted by Crippen LogP contribution is 2.38. The Morgan fingerprint density at radius 3 is 2.75 bits per heavy atom. The van der Waals surface area contributed by atoms with E-state index < -0.39 is 27.3 Å². The first-order valence-corrected chi connectivity index (χ1v) is 6.59. The molecule has 2 rings (SSSR count). The Hall–Kier alpha value is -1.44. The van der Waals surface area contributed by atoms with Crippen LogP contribution in [0, 0.1) is 0 Å². The summed E-state index contributed by atoms with van der Waals surface area (Å²) in [5.74, 6) is -1.16. The number of nitrogens with two attached hydrogens (primary N) is 1. The van der Waals surface area contributed by atoms with E-state index in [9.17, 15) is 13.2 Å². The van der Waals surface area contributed by atoms with E-state index in [-0.39, 0.29) is 5.89 Å². The third-order valence-electron chi connectivity index (χ3n) is 2.13. The van der Waals surface area contributed by atoms with Crippen LogP contribution in [0.15, 0.2) is 4.52 Å². The smallest absolute Gasteiger partial charge is 0.241 e. The molecule has 88 valence electrons. The number of carbonyl (C=O) groups excluding carboxylic acids is 1. The second-order valence-corrected chi connectivity index (χ2v) is 5.88. The normalized spacial score (nSPS) is 16.2. The van der Waals surface area contributed by atoms with Gasteiger partial charge in [0.25, 0.3) is 0 Å². The molecule has 0 saturated heterocycles. The largest absolute Gasteiger partial charge is 0.369 e. The van der Waals surface area contributed by atoms with Crippen molar-refractivity contribution in [1.29, 1.82) is 0 Å². The van der Waals surface area contributed by atoms with Crippen LogP contribution in [0.1, 0.15) is 30.5 Å². The van der Waals surface area contributed by atoms with Crippen LogP contribution >= 0.6 is 0 Å². The summed E-state index contributed by atoms with van der Waals surface area (Å²) in [5, 5.41) is 3.67. The summed E-state index contributed by atoms with van der Waals surface area (Å²) >= 11 is 0. The predicted octanol–water partition coefficient (Wildman–Crippen LogP) is -0.653. The molecule has 1 aromatic heterocycles. The Balaban J connectivity index is 2.04. The van der Waals surface area contributed by atoms with E-state index in [4.69, 9.17) is 10.3 Å². The average molecular weight is 245 g/mol. The van der Waals surface area contributed by atoms with E-state index in [1.54, 1.807) is 0 Å². The minimum atomic E-state index is -3.60. The number of primary amides is 1. The molecular weight excluding hydrogens is 234 g/mol. The Labute approximate surface area is 91.9 Å². The molecule has 0 bridgehead atoms. The molecule has 0 atom stereocenters. The van der Waals surface area contributed by atoms with Gasteiger partial charge in [0.1, 0.15) is 11.5 Å². The molecule has 0 unspecified atom stereocenters. The first-order valence-electron chi connectivity index (χ1n) is 4.77. The van der Waals surface area contributed by atoms with Crippen molar-refractivity contribution in [3.63, 3.8) is 0 Å². The lowest BCUT2D eigenvalue weighted by atomic mass is 10.4. The zero-order valence-electron chi connectivity index (χ0n) is 8.42. The van der Waals surface area contributed by atoms with Crippen LogP contribution in [-0.4, -0.2) is 30.2 Å². The lowest BCUT2D eigenvalue weighted by Gasteiger charge is -1.96. The lowest BCUT2D eigenvalue weighted by molar-refractivity contribution is -0.115. The summed E-state index contributed by atoms with van der Waals surface area (Å²) in [5.41, 5.74) is 4.81. The summed E-state index contributed by atoms with van der Waals surface area (Å²) in [6.45, 7) is 0. The maximum absolute atomic E-state index is 11.4. The third-order valence-corrected chi connectivity index (χ3v) is 3.54. The molecule has 0 aromatic carbocycles. The molecule has 0 aliphatic heterocycles. The van der Waals surface area contributed by atoms with Crippen molar-refractivity contribution < 1.29 is 17.7 Å². The minimum Gasteiger partial charge on any atom is -0.369 e. The van der Waals surface area contributed by atoms with Crippen molar-refractivity contribution in [2.45, 2.75) is 24.5 Å². The van der Waals surface area contributed by atoms with Crippen LogP contribution < -0.4 is 5.73 Å². The van der Waals surface area contributed by atoms with Crippen LogP contribution in [0.25, 0.3) is 0 Å². The van der Waals surface area contributed by atoms with Gasteiger partial charge in [-0.2, -0.15) is 4.98 Å². The number of hydrogen-bond acceptors (Lipinski definition) is 6. The number of aromatic nitrogens is 2. The van der Waals surface area contributed by atoms with Crippen LogP contribution in [0.3, 0.4) is 0 Å². The highest BCUT2D eigenvalue weighted by Gasteiger charge is 2.29. The summed E-state index contributed by atoms with van der Waals surface area (Å²) in [6.07, 6.45) is 2.01. The number of hydrogen-bond donors (Lipinski definition) is 1. The van der Waals surface area contributed by atoms with Gasteiger partial charge in [0.05, 0.1) is 0 Å². The van der Waals surface area contributed by atoms with E-state index in [0.717, 1.165) is 12.8 Å². The van der Waals surface area contributed by atoms with Crippen molar-refractivity contribution >= 4 is 15.7 Å². The zero-order valence-corrected chi connectivity index (χ0v) is 9.24. The van der Waals surface area contributed by atoms with Crippen LogP contribution in [0.2, 0.25) is 0 Å². The van der Waals surface area contributed by atoms with Crippen LogP contribution in [0.5, 0.6) is 0 Å². The number of amides is 1. The van der Waals surface area contributed by atoms with Crippen molar-refractivity contribution in [2.24, 2.45) is 5.73 Å². The highest BCUT2D eigenvalue weighted by molar-refractivity contribution is 7.91. The summed E-state index contributed by atoms with van der Waals surface area (Å²) in [6, 6.07) is 0. The Morgan fingerprint density at radius 2 is 2.19 bits per heavy atom. The fraction of sp³-hybridized carbons (Fsp3) is 0.625. The molecule has 1 fully saturated rings. The molecule has 1 aliphatic rings. The van der Waals surface area contributed by atoms with Crippen molar-refractivity contribution in [1.82, 2.24) is 10.1 Å². The number of carbonyl (C=O) groups is 1. The average Bonchev–Trinajstić information content (AvgIpc) is 2.86. The van der Waals surface area contributed by atoms with Gasteiger partial charge in [-0.25, -0.2) is 8.42 Å². The predicted molar refractivity (Wildman–Crippen MR) is 53.0 cm³/mol. The molecule has 1 amide bonds. The minimum absolute atomic E-state index is 0.0168. The Bertz CT molecular complexity index is 503. The van der Waals surface area contributed by atoms with Gasteiger partial charge < -0.3 is 10.3 Å². The maximum Gasteiger partial charge on any atom is 0.241 e. The molecule has 0 spiro atoms.